The van der Waals surface area contributed by atoms with E-state index in [0.717, 1.165) is 17.7 Å². The SMILES string of the molecule is N#Cc1ccc(CSc2nnc(NC(=O)COc3cccc(C(F)(F)F)c3)s2)cc1. The Morgan fingerprint density at radius 2 is 1.97 bits per heavy atom. The van der Waals surface area contributed by atoms with E-state index in [0.29, 0.717) is 15.7 Å². The molecule has 1 heterocycles. The van der Waals surface area contributed by atoms with Crippen molar-refractivity contribution in [3.8, 4) is 11.8 Å². The van der Waals surface area contributed by atoms with E-state index in [1.165, 1.54) is 35.2 Å². The minimum Gasteiger partial charge on any atom is -0.484 e. The summed E-state index contributed by atoms with van der Waals surface area (Å²) in [6, 6.07) is 13.5. The molecule has 0 aliphatic heterocycles. The number of carbonyl (C=O) groups excluding carboxylic acids is 1. The Bertz CT molecular complexity index is 1060. The highest BCUT2D eigenvalue weighted by molar-refractivity contribution is 8.00. The van der Waals surface area contributed by atoms with E-state index >= 15 is 0 Å². The molecule has 1 N–H and O–H groups in total. The molecule has 3 rings (SSSR count). The average molecular weight is 450 g/mol. The highest BCUT2D eigenvalue weighted by Crippen LogP contribution is 2.31. The first kappa shape index (κ1) is 21.6. The fourth-order valence-corrected chi connectivity index (χ4v) is 3.93. The summed E-state index contributed by atoms with van der Waals surface area (Å²) < 4.78 is 43.9. The molecular weight excluding hydrogens is 437 g/mol. The summed E-state index contributed by atoms with van der Waals surface area (Å²) in [6.07, 6.45) is -4.49. The smallest absolute Gasteiger partial charge is 0.416 e. The zero-order chi connectivity index (χ0) is 21.6. The maximum atomic E-state index is 12.7. The molecule has 0 fully saturated rings. The Morgan fingerprint density at radius 1 is 1.20 bits per heavy atom. The van der Waals surface area contributed by atoms with Gasteiger partial charge in [0.1, 0.15) is 5.75 Å². The van der Waals surface area contributed by atoms with Crippen LogP contribution in [0.1, 0.15) is 16.7 Å². The molecule has 0 unspecified atom stereocenters. The second-order valence-corrected chi connectivity index (χ2v) is 8.03. The lowest BCUT2D eigenvalue weighted by Gasteiger charge is -2.09. The molecule has 1 amide bonds. The van der Waals surface area contributed by atoms with Gasteiger partial charge in [0, 0.05) is 5.75 Å². The van der Waals surface area contributed by atoms with Crippen LogP contribution in [0.4, 0.5) is 18.3 Å². The second kappa shape index (κ2) is 9.60. The van der Waals surface area contributed by atoms with Crippen molar-refractivity contribution in [1.82, 2.24) is 10.2 Å². The third-order valence-corrected chi connectivity index (χ3v) is 5.67. The van der Waals surface area contributed by atoms with Crippen LogP contribution in [0.15, 0.2) is 52.9 Å². The molecule has 0 aliphatic rings. The quantitative estimate of drug-likeness (QED) is 0.413. The number of ether oxygens (including phenoxy) is 1. The van der Waals surface area contributed by atoms with Crippen molar-refractivity contribution < 1.29 is 22.7 Å². The van der Waals surface area contributed by atoms with Gasteiger partial charge in [-0.2, -0.15) is 18.4 Å². The molecule has 0 bridgehead atoms. The zero-order valence-electron chi connectivity index (χ0n) is 15.1. The number of carbonyl (C=O) groups is 1. The molecule has 1 aromatic heterocycles. The van der Waals surface area contributed by atoms with Crippen LogP contribution in [-0.2, 0) is 16.7 Å². The van der Waals surface area contributed by atoms with Crippen LogP contribution < -0.4 is 10.1 Å². The summed E-state index contributed by atoms with van der Waals surface area (Å²) in [5, 5.41) is 19.4. The van der Waals surface area contributed by atoms with Gasteiger partial charge in [-0.15, -0.1) is 10.2 Å². The molecule has 6 nitrogen and oxygen atoms in total. The molecule has 0 aliphatic carbocycles. The summed E-state index contributed by atoms with van der Waals surface area (Å²) in [7, 11) is 0. The first-order valence-electron chi connectivity index (χ1n) is 8.39. The van der Waals surface area contributed by atoms with Crippen LogP contribution >= 0.6 is 23.1 Å². The van der Waals surface area contributed by atoms with Gasteiger partial charge in [0.15, 0.2) is 10.9 Å². The van der Waals surface area contributed by atoms with Gasteiger partial charge in [-0.05, 0) is 35.9 Å². The number of alkyl halides is 3. The minimum absolute atomic E-state index is 0.0594. The number of nitrogens with zero attached hydrogens (tertiary/aromatic N) is 3. The first-order valence-corrected chi connectivity index (χ1v) is 10.2. The normalized spacial score (nSPS) is 11.0. The predicted octanol–water partition coefficient (Wildman–Crippen LogP) is 4.74. The number of benzene rings is 2. The van der Waals surface area contributed by atoms with Crippen molar-refractivity contribution in [2.24, 2.45) is 0 Å². The van der Waals surface area contributed by atoms with E-state index < -0.39 is 24.3 Å². The number of nitriles is 1. The van der Waals surface area contributed by atoms with Gasteiger partial charge in [0.25, 0.3) is 5.91 Å². The van der Waals surface area contributed by atoms with Crippen LogP contribution in [0, 0.1) is 11.3 Å². The maximum absolute atomic E-state index is 12.7. The standard InChI is InChI=1S/C19H13F3N4O2S2/c20-19(21,22)14-2-1-3-15(8-14)28-10-16(27)24-17-25-26-18(30-17)29-11-13-6-4-12(9-23)5-7-13/h1-8H,10-11H2,(H,24,25,27). The van der Waals surface area contributed by atoms with E-state index in [-0.39, 0.29) is 10.9 Å². The lowest BCUT2D eigenvalue weighted by molar-refractivity contribution is -0.137. The molecule has 0 spiro atoms. The van der Waals surface area contributed by atoms with E-state index in [2.05, 4.69) is 21.6 Å². The van der Waals surface area contributed by atoms with Crippen LogP contribution in [0.5, 0.6) is 5.75 Å². The number of hydrogen-bond donors (Lipinski definition) is 1. The number of nitrogens with one attached hydrogen (secondary N) is 1. The third kappa shape index (κ3) is 6.20. The number of thioether (sulfide) groups is 1. The highest BCUT2D eigenvalue weighted by atomic mass is 32.2. The number of halogens is 3. The molecule has 2 aromatic carbocycles. The van der Waals surface area contributed by atoms with Gasteiger partial charge >= 0.3 is 6.18 Å². The molecule has 3 aromatic rings. The van der Waals surface area contributed by atoms with Crippen molar-refractivity contribution in [1.29, 1.82) is 5.26 Å². The van der Waals surface area contributed by atoms with Crippen LogP contribution in [0.3, 0.4) is 0 Å². The number of anilines is 1. The lowest BCUT2D eigenvalue weighted by atomic mass is 10.2. The average Bonchev–Trinajstić information content (AvgIpc) is 3.18. The molecule has 11 heteroatoms. The number of hydrogen-bond acceptors (Lipinski definition) is 7. The highest BCUT2D eigenvalue weighted by Gasteiger charge is 2.30. The Labute approximate surface area is 177 Å². The van der Waals surface area contributed by atoms with Crippen molar-refractivity contribution >= 4 is 34.1 Å². The minimum atomic E-state index is -4.49. The van der Waals surface area contributed by atoms with E-state index in [1.807, 2.05) is 12.1 Å². The molecule has 0 radical (unpaired) electrons. The largest absolute Gasteiger partial charge is 0.484 e. The molecule has 30 heavy (non-hydrogen) atoms. The monoisotopic (exact) mass is 450 g/mol. The van der Waals surface area contributed by atoms with Crippen LogP contribution in [0.25, 0.3) is 0 Å². The molecule has 0 saturated heterocycles. The summed E-state index contributed by atoms with van der Waals surface area (Å²) in [5.41, 5.74) is 0.736. The maximum Gasteiger partial charge on any atom is 0.416 e. The Hall–Kier alpha value is -3.10. The molecular formula is C19H13F3N4O2S2. The summed E-state index contributed by atoms with van der Waals surface area (Å²) in [4.78, 5) is 12.0. The van der Waals surface area contributed by atoms with Crippen molar-refractivity contribution in [2.45, 2.75) is 16.3 Å². The van der Waals surface area contributed by atoms with E-state index in [9.17, 15) is 18.0 Å². The summed E-state index contributed by atoms with van der Waals surface area (Å²) >= 11 is 2.59. The molecule has 0 saturated carbocycles. The van der Waals surface area contributed by atoms with Gasteiger partial charge in [-0.25, -0.2) is 0 Å². The van der Waals surface area contributed by atoms with Gasteiger partial charge in [-0.3, -0.25) is 10.1 Å². The predicted molar refractivity (Wildman–Crippen MR) is 106 cm³/mol. The van der Waals surface area contributed by atoms with Crippen molar-refractivity contribution in [3.05, 3.63) is 65.2 Å². The van der Waals surface area contributed by atoms with Crippen molar-refractivity contribution in [3.63, 3.8) is 0 Å². The van der Waals surface area contributed by atoms with E-state index in [4.69, 9.17) is 10.00 Å². The number of rotatable bonds is 7. The lowest BCUT2D eigenvalue weighted by Crippen LogP contribution is -2.20. The van der Waals surface area contributed by atoms with Crippen LogP contribution in [-0.4, -0.2) is 22.7 Å². The number of amides is 1. The van der Waals surface area contributed by atoms with Gasteiger partial charge in [0.2, 0.25) is 5.13 Å². The Morgan fingerprint density at radius 3 is 2.67 bits per heavy atom. The third-order valence-electron chi connectivity index (χ3n) is 3.63. The molecule has 0 atom stereocenters. The summed E-state index contributed by atoms with van der Waals surface area (Å²) in [5.74, 6) is -0.00412. The fourth-order valence-electron chi connectivity index (χ4n) is 2.21. The number of aromatic nitrogens is 2. The second-order valence-electron chi connectivity index (χ2n) is 5.83. The topological polar surface area (TPSA) is 87.9 Å². The first-order chi connectivity index (χ1) is 14.3. The van der Waals surface area contributed by atoms with Crippen molar-refractivity contribution in [2.75, 3.05) is 11.9 Å². The van der Waals surface area contributed by atoms with Gasteiger partial charge in [-0.1, -0.05) is 41.3 Å². The van der Waals surface area contributed by atoms with Gasteiger partial charge < -0.3 is 4.74 Å². The van der Waals surface area contributed by atoms with E-state index in [1.54, 1.807) is 12.1 Å². The zero-order valence-corrected chi connectivity index (χ0v) is 16.8. The Balaban J connectivity index is 1.48. The van der Waals surface area contributed by atoms with Gasteiger partial charge in [0.05, 0.1) is 17.2 Å². The fraction of sp³-hybridized carbons (Fsp3) is 0.158. The Kier molecular flexibility index (Phi) is 6.91. The van der Waals surface area contributed by atoms with Crippen LogP contribution in [0.2, 0.25) is 0 Å². The summed E-state index contributed by atoms with van der Waals surface area (Å²) in [6.45, 7) is -0.464. The molecule has 154 valence electrons.